The van der Waals surface area contributed by atoms with Gasteiger partial charge in [-0.3, -0.25) is 0 Å². The van der Waals surface area contributed by atoms with Gasteiger partial charge in [-0.05, 0) is 240 Å². The van der Waals surface area contributed by atoms with Crippen molar-refractivity contribution in [3.63, 3.8) is 0 Å². The largest absolute Gasteiger partial charge is 0.0709 e. The van der Waals surface area contributed by atoms with Crippen LogP contribution in [0.25, 0.3) is 109 Å². The van der Waals surface area contributed by atoms with Gasteiger partial charge in [-0.25, -0.2) is 0 Å². The maximum absolute atomic E-state index is 2.34. The molecule has 0 amide bonds. The molecule has 0 heteroatoms. The van der Waals surface area contributed by atoms with Crippen LogP contribution in [0.3, 0.4) is 0 Å². The van der Waals surface area contributed by atoms with Gasteiger partial charge in [0.05, 0.1) is 0 Å². The molecule has 488 valence electrons. The summed E-state index contributed by atoms with van der Waals surface area (Å²) in [7, 11) is 0. The van der Waals surface area contributed by atoms with Gasteiger partial charge < -0.3 is 0 Å². The number of fused-ring (bicyclic) bond motifs is 11. The molecule has 0 saturated carbocycles. The van der Waals surface area contributed by atoms with Crippen LogP contribution in [0.4, 0.5) is 0 Å². The van der Waals surface area contributed by atoms with E-state index < -0.39 is 0 Å². The minimum absolute atomic E-state index is 0.237. The Kier molecular flexibility index (Phi) is 20.5. The van der Waals surface area contributed by atoms with Crippen LogP contribution in [0.2, 0.25) is 0 Å². The molecular formula is C99H92. The van der Waals surface area contributed by atoms with Crippen LogP contribution in [0.5, 0.6) is 0 Å². The van der Waals surface area contributed by atoms with E-state index in [0.29, 0.717) is 0 Å². The zero-order valence-electron chi connectivity index (χ0n) is 60.1. The summed E-state index contributed by atoms with van der Waals surface area (Å²) in [5, 5.41) is 21.5. The molecule has 0 spiro atoms. The number of rotatable bonds is 1. The fraction of sp³-hybridized carbons (Fsp3) is 0.152. The van der Waals surface area contributed by atoms with Crippen molar-refractivity contribution in [2.75, 3.05) is 0 Å². The third-order valence-corrected chi connectivity index (χ3v) is 20.4. The summed E-state index contributed by atoms with van der Waals surface area (Å²) in [5.74, 6) is 0. The summed E-state index contributed by atoms with van der Waals surface area (Å²) in [6.45, 7) is 28.7. The Bertz CT molecular complexity index is 5540. The van der Waals surface area contributed by atoms with Crippen molar-refractivity contribution >= 4 is 97.8 Å². The molecule has 16 aromatic carbocycles. The van der Waals surface area contributed by atoms with E-state index in [1.807, 2.05) is 6.07 Å². The highest BCUT2D eigenvalue weighted by molar-refractivity contribution is 6.11. The zero-order chi connectivity index (χ0) is 69.4. The van der Waals surface area contributed by atoms with E-state index >= 15 is 0 Å². The van der Waals surface area contributed by atoms with Crippen LogP contribution < -0.4 is 0 Å². The Morgan fingerprint density at radius 2 is 0.667 bits per heavy atom. The van der Waals surface area contributed by atoms with Crippen LogP contribution >= 0.6 is 0 Å². The number of hydrogen-bond acceptors (Lipinski definition) is 0. The summed E-state index contributed by atoms with van der Waals surface area (Å²) in [5.41, 5.74) is 21.1. The highest BCUT2D eigenvalue weighted by atomic mass is 14.3. The first-order chi connectivity index (χ1) is 47.8. The van der Waals surface area contributed by atoms with Gasteiger partial charge in [0, 0.05) is 10.8 Å². The van der Waals surface area contributed by atoms with Gasteiger partial charge in [-0.15, -0.1) is 0 Å². The summed E-state index contributed by atoms with van der Waals surface area (Å²) in [4.78, 5) is 0. The van der Waals surface area contributed by atoms with Gasteiger partial charge in [0.1, 0.15) is 0 Å². The molecule has 0 bridgehead atoms. The molecule has 0 saturated heterocycles. The Labute approximate surface area is 588 Å². The van der Waals surface area contributed by atoms with Crippen LogP contribution in [0.15, 0.2) is 321 Å². The van der Waals surface area contributed by atoms with E-state index in [9.17, 15) is 0 Å². The van der Waals surface area contributed by atoms with Crippen molar-refractivity contribution < 1.29 is 0 Å². The van der Waals surface area contributed by atoms with Crippen molar-refractivity contribution in [2.45, 2.75) is 101 Å². The highest BCUT2D eigenvalue weighted by Gasteiger charge is 2.29. The zero-order valence-corrected chi connectivity index (χ0v) is 60.1. The van der Waals surface area contributed by atoms with Crippen molar-refractivity contribution in [3.05, 3.63) is 382 Å². The Morgan fingerprint density at radius 3 is 1.29 bits per heavy atom. The quantitative estimate of drug-likeness (QED) is 0.114. The SMILES string of the molecule is CC1=CC(C)(C)c2ccccc21.CC1=Cc2ccccc2C1(C)C.Cc1c2ccccc2cc2ccccc12.Cc1ccc(-c2ccccc2)cc1.Cc1ccc2c(c1)c(C)c(C)c1ccccc12.Cc1ccc2cc3ccccc3cc2c1.Cc1cccc2cc3ccccc3cc12. The van der Waals surface area contributed by atoms with E-state index in [1.54, 1.807) is 0 Å². The van der Waals surface area contributed by atoms with Gasteiger partial charge >= 0.3 is 0 Å². The lowest BCUT2D eigenvalue weighted by atomic mass is 9.82. The molecule has 0 aliphatic heterocycles. The lowest BCUT2D eigenvalue weighted by Gasteiger charge is -2.21. The Balaban J connectivity index is 0.000000110. The third kappa shape index (κ3) is 15.3. The molecule has 0 heterocycles. The predicted molar refractivity (Wildman–Crippen MR) is 437 cm³/mol. The molecule has 0 N–H and O–H groups in total. The van der Waals surface area contributed by atoms with Crippen molar-refractivity contribution in [2.24, 2.45) is 0 Å². The summed E-state index contributed by atoms with van der Waals surface area (Å²) in [6, 6.07) is 110. The standard InChI is InChI=1S/C17H16.3C15H12.C13H12.2C12H14/c1-11-8-9-16-15-7-5-4-6-14(15)12(2)13(3)17(16)10-11;1-11-14-8-4-2-6-12(14)10-13-7-3-5-9-15(11)13;1-11-5-4-8-14-9-12-6-2-3-7-13(12)10-15(11)14;1-11-6-7-14-9-12-4-2-3-5-13(12)10-15(14)8-11;1-11-7-9-13(10-8-11)12-5-3-2-4-6-12;1-9-8-12(2,3)11-7-5-4-6-10(9)11;1-9-8-10-6-4-5-7-11(10)12(9,2)3/h4-10H,1-3H3;3*2-10H,1H3;2-10H,1H3;2*4-8H,1-3H3. The molecule has 0 aromatic heterocycles. The number of hydrogen-bond donors (Lipinski definition) is 0. The van der Waals surface area contributed by atoms with Gasteiger partial charge in [-0.2, -0.15) is 0 Å². The Morgan fingerprint density at radius 1 is 0.242 bits per heavy atom. The lowest BCUT2D eigenvalue weighted by Crippen LogP contribution is -2.14. The van der Waals surface area contributed by atoms with E-state index in [-0.39, 0.29) is 10.8 Å². The second-order valence-electron chi connectivity index (χ2n) is 28.2. The number of benzene rings is 16. The second kappa shape index (κ2) is 29.8. The van der Waals surface area contributed by atoms with E-state index in [4.69, 9.17) is 0 Å². The second-order valence-corrected chi connectivity index (χ2v) is 28.2. The molecule has 18 rings (SSSR count). The third-order valence-electron chi connectivity index (χ3n) is 20.4. The molecule has 0 fully saturated rings. The average molecular weight is 1280 g/mol. The predicted octanol–water partition coefficient (Wildman–Crippen LogP) is 28.2. The number of allylic oxidation sites excluding steroid dienone is 3. The van der Waals surface area contributed by atoms with E-state index in [1.165, 1.54) is 170 Å². The molecule has 2 aliphatic rings. The first-order valence-electron chi connectivity index (χ1n) is 35.0. The molecule has 0 radical (unpaired) electrons. The molecule has 99 heavy (non-hydrogen) atoms. The van der Waals surface area contributed by atoms with Gasteiger partial charge in [0.25, 0.3) is 0 Å². The van der Waals surface area contributed by atoms with Crippen molar-refractivity contribution in [3.8, 4) is 11.1 Å². The maximum atomic E-state index is 2.34. The topological polar surface area (TPSA) is 0 Å². The molecule has 0 atom stereocenters. The molecular weight excluding hydrogens is 1190 g/mol. The van der Waals surface area contributed by atoms with Crippen molar-refractivity contribution in [1.29, 1.82) is 0 Å². The normalized spacial score (nSPS) is 12.8. The van der Waals surface area contributed by atoms with Gasteiger partial charge in [-0.1, -0.05) is 341 Å². The lowest BCUT2D eigenvalue weighted by molar-refractivity contribution is 0.640. The van der Waals surface area contributed by atoms with E-state index in [2.05, 4.69) is 405 Å². The van der Waals surface area contributed by atoms with E-state index in [0.717, 1.165) is 0 Å². The summed E-state index contributed by atoms with van der Waals surface area (Å²) in [6.07, 6.45) is 4.63. The average Bonchev–Trinajstić information content (AvgIpc) is 1.53. The fourth-order valence-electron chi connectivity index (χ4n) is 14.4. The van der Waals surface area contributed by atoms with Crippen LogP contribution in [0.1, 0.15) is 103 Å². The van der Waals surface area contributed by atoms with Crippen LogP contribution in [0, 0.1) is 48.5 Å². The summed E-state index contributed by atoms with van der Waals surface area (Å²) < 4.78 is 0. The summed E-state index contributed by atoms with van der Waals surface area (Å²) >= 11 is 0. The first kappa shape index (κ1) is 68.0. The molecule has 0 nitrogen and oxygen atoms in total. The van der Waals surface area contributed by atoms with Crippen molar-refractivity contribution in [1.82, 2.24) is 0 Å². The minimum Gasteiger partial charge on any atom is -0.0709 e. The van der Waals surface area contributed by atoms with Crippen LogP contribution in [-0.4, -0.2) is 0 Å². The van der Waals surface area contributed by atoms with Gasteiger partial charge in [0.2, 0.25) is 0 Å². The Hall–Kier alpha value is -10.9. The van der Waals surface area contributed by atoms with Gasteiger partial charge in [0.15, 0.2) is 0 Å². The highest BCUT2D eigenvalue weighted by Crippen LogP contribution is 2.42. The molecule has 0 unspecified atom stereocenters. The van der Waals surface area contributed by atoms with Crippen LogP contribution in [-0.2, 0) is 10.8 Å². The fourth-order valence-corrected chi connectivity index (χ4v) is 14.4. The number of aryl methyl sites for hydroxylation is 7. The first-order valence-corrected chi connectivity index (χ1v) is 35.0. The molecule has 16 aromatic rings. The minimum atomic E-state index is 0.237. The maximum Gasteiger partial charge on any atom is 0.0112 e. The smallest absolute Gasteiger partial charge is 0.0112 e. The molecule has 2 aliphatic carbocycles. The monoisotopic (exact) mass is 1280 g/mol.